The first-order valence-corrected chi connectivity index (χ1v) is 4.46. The lowest BCUT2D eigenvalue weighted by molar-refractivity contribution is -0.128. The first kappa shape index (κ1) is 7.77. The van der Waals surface area contributed by atoms with Crippen LogP contribution >= 0.6 is 0 Å². The Morgan fingerprint density at radius 3 is 2.83 bits per heavy atom. The molecular formula is C9H13NO2. The molecule has 1 amide bonds. The van der Waals surface area contributed by atoms with Gasteiger partial charge in [0.25, 0.3) is 0 Å². The molecule has 2 rings (SSSR count). The number of hydrogen-bond acceptors (Lipinski definition) is 2. The lowest BCUT2D eigenvalue weighted by Gasteiger charge is -2.13. The summed E-state index contributed by atoms with van der Waals surface area (Å²) in [5.74, 6) is 1.12. The maximum atomic E-state index is 11.3. The van der Waals surface area contributed by atoms with Crippen LogP contribution in [0.15, 0.2) is 0 Å². The molecule has 0 aromatic heterocycles. The molecule has 1 aliphatic carbocycles. The number of fused-ring (bicyclic) bond motifs is 1. The second kappa shape index (κ2) is 2.57. The third-order valence-electron chi connectivity index (χ3n) is 3.06. The van der Waals surface area contributed by atoms with Gasteiger partial charge in [0.05, 0.1) is 0 Å². The van der Waals surface area contributed by atoms with Crippen molar-refractivity contribution < 1.29 is 9.59 Å². The monoisotopic (exact) mass is 167 g/mol. The van der Waals surface area contributed by atoms with Crippen LogP contribution in [0.1, 0.15) is 19.8 Å². The van der Waals surface area contributed by atoms with Gasteiger partial charge >= 0.3 is 0 Å². The van der Waals surface area contributed by atoms with E-state index in [0.717, 1.165) is 19.4 Å². The minimum absolute atomic E-state index is 0.109. The van der Waals surface area contributed by atoms with Crippen molar-refractivity contribution in [2.75, 3.05) is 13.1 Å². The molecule has 0 N–H and O–H groups in total. The highest BCUT2D eigenvalue weighted by Gasteiger charge is 2.42. The average molecular weight is 167 g/mol. The smallest absolute Gasteiger partial charge is 0.219 e. The Morgan fingerprint density at radius 2 is 2.25 bits per heavy atom. The van der Waals surface area contributed by atoms with Crippen LogP contribution in [0.5, 0.6) is 0 Å². The van der Waals surface area contributed by atoms with E-state index in [1.165, 1.54) is 0 Å². The first-order chi connectivity index (χ1) is 5.68. The normalized spacial score (nSPS) is 34.1. The van der Waals surface area contributed by atoms with Crippen molar-refractivity contribution in [3.05, 3.63) is 0 Å². The molecule has 1 saturated carbocycles. The molecule has 1 unspecified atom stereocenters. The summed E-state index contributed by atoms with van der Waals surface area (Å²) in [5.41, 5.74) is 0. The minimum Gasteiger partial charge on any atom is -0.342 e. The SMILES string of the molecule is CC(=O)N1CC2C(=O)CC[C@H]2C1. The number of ketones is 1. The molecule has 3 heteroatoms. The summed E-state index contributed by atoms with van der Waals surface area (Å²) in [5, 5.41) is 0. The van der Waals surface area contributed by atoms with Crippen molar-refractivity contribution in [3.8, 4) is 0 Å². The molecule has 2 atom stereocenters. The summed E-state index contributed by atoms with van der Waals surface area (Å²) in [6, 6.07) is 0. The van der Waals surface area contributed by atoms with Crippen LogP contribution in [0.3, 0.4) is 0 Å². The topological polar surface area (TPSA) is 37.4 Å². The minimum atomic E-state index is 0.109. The van der Waals surface area contributed by atoms with E-state index in [9.17, 15) is 9.59 Å². The van der Waals surface area contributed by atoms with Crippen LogP contribution in [0.4, 0.5) is 0 Å². The molecule has 0 spiro atoms. The quantitative estimate of drug-likeness (QED) is 0.525. The third-order valence-corrected chi connectivity index (χ3v) is 3.06. The molecule has 0 bridgehead atoms. The molecule has 12 heavy (non-hydrogen) atoms. The van der Waals surface area contributed by atoms with Crippen LogP contribution < -0.4 is 0 Å². The standard InChI is InChI=1S/C9H13NO2/c1-6(11)10-4-7-2-3-9(12)8(7)5-10/h7-8H,2-5H2,1H3/t7-,8?/m0/s1. The summed E-state index contributed by atoms with van der Waals surface area (Å²) < 4.78 is 0. The van der Waals surface area contributed by atoms with Gasteiger partial charge in [0.2, 0.25) is 5.91 Å². The zero-order valence-corrected chi connectivity index (χ0v) is 7.25. The van der Waals surface area contributed by atoms with Crippen molar-refractivity contribution in [3.63, 3.8) is 0 Å². The fourth-order valence-corrected chi connectivity index (χ4v) is 2.30. The van der Waals surface area contributed by atoms with Gasteiger partial charge in [0.1, 0.15) is 5.78 Å². The molecule has 0 aromatic carbocycles. The maximum Gasteiger partial charge on any atom is 0.219 e. The Kier molecular flexibility index (Phi) is 1.67. The lowest BCUT2D eigenvalue weighted by atomic mass is 10.0. The van der Waals surface area contributed by atoms with E-state index < -0.39 is 0 Å². The predicted octanol–water partition coefficient (Wildman–Crippen LogP) is 0.444. The highest BCUT2D eigenvalue weighted by atomic mass is 16.2. The molecule has 1 aliphatic heterocycles. The number of hydrogen-bond donors (Lipinski definition) is 0. The van der Waals surface area contributed by atoms with E-state index in [0.29, 0.717) is 18.2 Å². The van der Waals surface area contributed by atoms with Crippen LogP contribution in [-0.2, 0) is 9.59 Å². The van der Waals surface area contributed by atoms with Crippen molar-refractivity contribution in [2.45, 2.75) is 19.8 Å². The molecule has 2 fully saturated rings. The Balaban J connectivity index is 2.07. The first-order valence-electron chi connectivity index (χ1n) is 4.46. The molecule has 2 aliphatic rings. The Bertz CT molecular complexity index is 237. The van der Waals surface area contributed by atoms with Crippen molar-refractivity contribution >= 4 is 11.7 Å². The van der Waals surface area contributed by atoms with Crippen LogP contribution in [0.2, 0.25) is 0 Å². The fraction of sp³-hybridized carbons (Fsp3) is 0.778. The Morgan fingerprint density at radius 1 is 1.50 bits per heavy atom. The van der Waals surface area contributed by atoms with Gasteiger partial charge in [-0.2, -0.15) is 0 Å². The summed E-state index contributed by atoms with van der Waals surface area (Å²) >= 11 is 0. The van der Waals surface area contributed by atoms with Gasteiger partial charge in [-0.25, -0.2) is 0 Å². The number of carbonyl (C=O) groups is 2. The average Bonchev–Trinajstić information content (AvgIpc) is 2.53. The van der Waals surface area contributed by atoms with Gasteiger partial charge < -0.3 is 4.90 Å². The predicted molar refractivity (Wildman–Crippen MR) is 43.5 cm³/mol. The molecule has 0 radical (unpaired) electrons. The van der Waals surface area contributed by atoms with Crippen molar-refractivity contribution in [1.29, 1.82) is 0 Å². The second-order valence-electron chi connectivity index (χ2n) is 3.80. The van der Waals surface area contributed by atoms with Gasteiger partial charge in [-0.15, -0.1) is 0 Å². The van der Waals surface area contributed by atoms with E-state index in [1.807, 2.05) is 0 Å². The molecule has 1 heterocycles. The van der Waals surface area contributed by atoms with E-state index in [2.05, 4.69) is 0 Å². The maximum absolute atomic E-state index is 11.3. The molecule has 1 saturated heterocycles. The van der Waals surface area contributed by atoms with E-state index in [4.69, 9.17) is 0 Å². The lowest BCUT2D eigenvalue weighted by Crippen LogP contribution is -2.27. The highest BCUT2D eigenvalue weighted by molar-refractivity contribution is 5.85. The number of amides is 1. The number of carbonyl (C=O) groups excluding carboxylic acids is 2. The Hall–Kier alpha value is -0.860. The summed E-state index contributed by atoms with van der Waals surface area (Å²) in [6.45, 7) is 3.07. The van der Waals surface area contributed by atoms with Gasteiger partial charge in [0, 0.05) is 32.4 Å². The fourth-order valence-electron chi connectivity index (χ4n) is 2.30. The van der Waals surface area contributed by atoms with E-state index in [-0.39, 0.29) is 11.8 Å². The highest BCUT2D eigenvalue weighted by Crippen LogP contribution is 2.35. The van der Waals surface area contributed by atoms with Gasteiger partial charge in [0.15, 0.2) is 0 Å². The number of nitrogens with zero attached hydrogens (tertiary/aromatic N) is 1. The molecular weight excluding hydrogens is 154 g/mol. The molecule has 0 aromatic rings. The zero-order valence-electron chi connectivity index (χ0n) is 7.25. The molecule has 3 nitrogen and oxygen atoms in total. The summed E-state index contributed by atoms with van der Waals surface area (Å²) in [7, 11) is 0. The van der Waals surface area contributed by atoms with Crippen LogP contribution in [-0.4, -0.2) is 29.7 Å². The van der Waals surface area contributed by atoms with Gasteiger partial charge in [-0.1, -0.05) is 0 Å². The van der Waals surface area contributed by atoms with E-state index >= 15 is 0 Å². The van der Waals surface area contributed by atoms with Gasteiger partial charge in [-0.3, -0.25) is 9.59 Å². The molecule has 66 valence electrons. The van der Waals surface area contributed by atoms with Crippen LogP contribution in [0.25, 0.3) is 0 Å². The number of rotatable bonds is 0. The number of Topliss-reactive ketones (excluding diaryl/α,β-unsaturated/α-hetero) is 1. The number of likely N-dealkylation sites (tertiary alicyclic amines) is 1. The zero-order chi connectivity index (χ0) is 8.72. The van der Waals surface area contributed by atoms with Crippen molar-refractivity contribution in [1.82, 2.24) is 4.90 Å². The van der Waals surface area contributed by atoms with Gasteiger partial charge in [-0.05, 0) is 12.3 Å². The summed E-state index contributed by atoms with van der Waals surface area (Å²) in [6.07, 6.45) is 1.73. The second-order valence-corrected chi connectivity index (χ2v) is 3.80. The van der Waals surface area contributed by atoms with Crippen molar-refractivity contribution in [2.24, 2.45) is 11.8 Å². The largest absolute Gasteiger partial charge is 0.342 e. The summed E-state index contributed by atoms with van der Waals surface area (Å²) in [4.78, 5) is 24.1. The third kappa shape index (κ3) is 1.04. The Labute approximate surface area is 71.7 Å². The van der Waals surface area contributed by atoms with E-state index in [1.54, 1.807) is 11.8 Å². The van der Waals surface area contributed by atoms with Crippen LogP contribution in [0, 0.1) is 11.8 Å².